The molecule has 3 atom stereocenters. The van der Waals surface area contributed by atoms with Crippen LogP contribution >= 0.6 is 35.3 Å². The number of hydrogen-bond acceptors (Lipinski definition) is 2. The molecule has 0 aromatic carbocycles. The molecule has 1 heterocycles. The van der Waals surface area contributed by atoms with E-state index in [2.05, 4.69) is 53.9 Å². The number of rotatable bonds is 5. The first-order valence-electron chi connectivity index (χ1n) is 6.79. The van der Waals surface area contributed by atoms with Crippen LogP contribution in [0.15, 0.2) is 22.5 Å². The summed E-state index contributed by atoms with van der Waals surface area (Å²) in [6, 6.07) is 4.92. The number of hydrogen-bond donors (Lipinski definition) is 2. The second kappa shape index (κ2) is 8.09. The Kier molecular flexibility index (Phi) is 7.13. The van der Waals surface area contributed by atoms with E-state index in [-0.39, 0.29) is 24.0 Å². The largest absolute Gasteiger partial charge is 0.357 e. The summed E-state index contributed by atoms with van der Waals surface area (Å²) < 4.78 is 0. The standard InChI is InChI=1S/C14H23N3S.HI/c1-4-15-14(17-12-8-10(12)2)16-9-11(3)13-6-5-7-18-13;/h5-7,10-12H,4,8-9H2,1-3H3,(H2,15,16,17);1H. The normalized spacial score (nSPS) is 23.4. The monoisotopic (exact) mass is 393 g/mol. The Bertz CT molecular complexity index is 391. The molecule has 1 saturated carbocycles. The molecule has 0 radical (unpaired) electrons. The lowest BCUT2D eigenvalue weighted by Crippen LogP contribution is -2.39. The number of guanidine groups is 1. The summed E-state index contributed by atoms with van der Waals surface area (Å²) >= 11 is 1.81. The minimum atomic E-state index is 0. The third kappa shape index (κ3) is 5.30. The molecule has 1 aliphatic rings. The topological polar surface area (TPSA) is 36.4 Å². The molecule has 1 aliphatic carbocycles. The average molecular weight is 393 g/mol. The van der Waals surface area contributed by atoms with Crippen LogP contribution in [0.3, 0.4) is 0 Å². The van der Waals surface area contributed by atoms with E-state index >= 15 is 0 Å². The van der Waals surface area contributed by atoms with E-state index in [9.17, 15) is 0 Å². The second-order valence-electron chi connectivity index (χ2n) is 5.10. The van der Waals surface area contributed by atoms with Crippen molar-refractivity contribution in [3.63, 3.8) is 0 Å². The molecule has 2 rings (SSSR count). The molecule has 0 amide bonds. The highest BCUT2D eigenvalue weighted by Gasteiger charge is 2.33. The first-order valence-corrected chi connectivity index (χ1v) is 7.67. The Balaban J connectivity index is 0.00000180. The fourth-order valence-electron chi connectivity index (χ4n) is 1.91. The fraction of sp³-hybridized carbons (Fsp3) is 0.643. The van der Waals surface area contributed by atoms with Crippen LogP contribution in [0.4, 0.5) is 0 Å². The van der Waals surface area contributed by atoms with Gasteiger partial charge in [-0.2, -0.15) is 0 Å². The molecule has 1 aromatic heterocycles. The van der Waals surface area contributed by atoms with Crippen molar-refractivity contribution >= 4 is 41.3 Å². The Morgan fingerprint density at radius 3 is 2.84 bits per heavy atom. The highest BCUT2D eigenvalue weighted by atomic mass is 127. The van der Waals surface area contributed by atoms with Gasteiger partial charge in [0.25, 0.3) is 0 Å². The van der Waals surface area contributed by atoms with E-state index in [1.807, 2.05) is 11.3 Å². The van der Waals surface area contributed by atoms with E-state index in [0.29, 0.717) is 12.0 Å². The Morgan fingerprint density at radius 2 is 2.32 bits per heavy atom. The highest BCUT2D eigenvalue weighted by Crippen LogP contribution is 2.28. The molecule has 108 valence electrons. The minimum Gasteiger partial charge on any atom is -0.357 e. The summed E-state index contributed by atoms with van der Waals surface area (Å²) in [7, 11) is 0. The SMILES string of the molecule is CCNC(=NCC(C)c1cccs1)NC1CC1C.I. The van der Waals surface area contributed by atoms with Gasteiger partial charge in [0.15, 0.2) is 5.96 Å². The first kappa shape index (κ1) is 16.8. The van der Waals surface area contributed by atoms with E-state index in [1.165, 1.54) is 11.3 Å². The van der Waals surface area contributed by atoms with E-state index in [4.69, 9.17) is 0 Å². The summed E-state index contributed by atoms with van der Waals surface area (Å²) in [5, 5.41) is 8.93. The fourth-order valence-corrected chi connectivity index (χ4v) is 2.69. The van der Waals surface area contributed by atoms with Crippen LogP contribution in [0.2, 0.25) is 0 Å². The van der Waals surface area contributed by atoms with Gasteiger partial charge in [0.05, 0.1) is 6.54 Å². The maximum atomic E-state index is 4.69. The predicted molar refractivity (Wildman–Crippen MR) is 94.8 cm³/mol. The summed E-state index contributed by atoms with van der Waals surface area (Å²) in [5.41, 5.74) is 0. The zero-order valence-electron chi connectivity index (χ0n) is 11.8. The molecule has 0 saturated heterocycles. The van der Waals surface area contributed by atoms with Gasteiger partial charge in [-0.1, -0.05) is 19.9 Å². The predicted octanol–water partition coefficient (Wildman–Crippen LogP) is 3.43. The van der Waals surface area contributed by atoms with Gasteiger partial charge >= 0.3 is 0 Å². The zero-order valence-corrected chi connectivity index (χ0v) is 15.0. The zero-order chi connectivity index (χ0) is 13.0. The smallest absolute Gasteiger partial charge is 0.191 e. The molecule has 2 N–H and O–H groups in total. The molecule has 0 aliphatic heterocycles. The maximum absolute atomic E-state index is 4.69. The van der Waals surface area contributed by atoms with Crippen molar-refractivity contribution in [3.05, 3.63) is 22.4 Å². The van der Waals surface area contributed by atoms with Gasteiger partial charge in [-0.3, -0.25) is 4.99 Å². The number of thiophene rings is 1. The second-order valence-corrected chi connectivity index (χ2v) is 6.08. The van der Waals surface area contributed by atoms with E-state index in [0.717, 1.165) is 25.0 Å². The number of nitrogens with zero attached hydrogens (tertiary/aromatic N) is 1. The van der Waals surface area contributed by atoms with Crippen molar-refractivity contribution in [1.29, 1.82) is 0 Å². The molecule has 5 heteroatoms. The average Bonchev–Trinajstić information content (AvgIpc) is 2.86. The molecule has 1 aromatic rings. The van der Waals surface area contributed by atoms with Gasteiger partial charge in [-0.15, -0.1) is 35.3 Å². The summed E-state index contributed by atoms with van der Waals surface area (Å²) in [4.78, 5) is 6.10. The first-order chi connectivity index (χ1) is 8.70. The molecule has 3 unspecified atom stereocenters. The third-order valence-corrected chi connectivity index (χ3v) is 4.43. The van der Waals surface area contributed by atoms with Crippen molar-refractivity contribution in [2.45, 2.75) is 39.2 Å². The highest BCUT2D eigenvalue weighted by molar-refractivity contribution is 14.0. The summed E-state index contributed by atoms with van der Waals surface area (Å²) in [6.07, 6.45) is 1.27. The van der Waals surface area contributed by atoms with Crippen LogP contribution in [0.25, 0.3) is 0 Å². The van der Waals surface area contributed by atoms with Crippen molar-refractivity contribution in [3.8, 4) is 0 Å². The Labute approximate surface area is 137 Å². The van der Waals surface area contributed by atoms with Crippen molar-refractivity contribution in [1.82, 2.24) is 10.6 Å². The quantitative estimate of drug-likeness (QED) is 0.457. The van der Waals surface area contributed by atoms with Crippen LogP contribution < -0.4 is 10.6 Å². The van der Waals surface area contributed by atoms with Gasteiger partial charge in [-0.25, -0.2) is 0 Å². The van der Waals surface area contributed by atoms with Crippen molar-refractivity contribution in [2.75, 3.05) is 13.1 Å². The van der Waals surface area contributed by atoms with Crippen molar-refractivity contribution in [2.24, 2.45) is 10.9 Å². The van der Waals surface area contributed by atoms with Gasteiger partial charge in [-0.05, 0) is 30.7 Å². The van der Waals surface area contributed by atoms with Crippen LogP contribution in [-0.2, 0) is 0 Å². The van der Waals surface area contributed by atoms with Gasteiger partial charge < -0.3 is 10.6 Å². The van der Waals surface area contributed by atoms with Crippen molar-refractivity contribution < 1.29 is 0 Å². The molecule has 19 heavy (non-hydrogen) atoms. The summed E-state index contributed by atoms with van der Waals surface area (Å²) in [6.45, 7) is 8.38. The molecule has 0 bridgehead atoms. The molecular weight excluding hydrogens is 369 g/mol. The van der Waals surface area contributed by atoms with E-state index in [1.54, 1.807) is 0 Å². The van der Waals surface area contributed by atoms with Crippen LogP contribution in [0, 0.1) is 5.92 Å². The molecular formula is C14H24IN3S. The maximum Gasteiger partial charge on any atom is 0.191 e. The number of halogens is 1. The van der Waals surface area contributed by atoms with Gasteiger partial charge in [0.1, 0.15) is 0 Å². The molecule has 0 spiro atoms. The lowest BCUT2D eigenvalue weighted by Gasteiger charge is -2.12. The molecule has 3 nitrogen and oxygen atoms in total. The van der Waals surface area contributed by atoms with Crippen LogP contribution in [0.1, 0.15) is 38.0 Å². The Hall–Kier alpha value is -0.300. The summed E-state index contributed by atoms with van der Waals surface area (Å²) in [5.74, 6) is 2.26. The lowest BCUT2D eigenvalue weighted by atomic mass is 10.1. The van der Waals surface area contributed by atoms with Crippen LogP contribution in [0.5, 0.6) is 0 Å². The number of aliphatic imine (C=N–C) groups is 1. The molecule has 1 fully saturated rings. The lowest BCUT2D eigenvalue weighted by molar-refractivity contribution is 0.740. The minimum absolute atomic E-state index is 0. The van der Waals surface area contributed by atoms with Gasteiger partial charge in [0, 0.05) is 23.4 Å². The Morgan fingerprint density at radius 1 is 1.58 bits per heavy atom. The van der Waals surface area contributed by atoms with Gasteiger partial charge in [0.2, 0.25) is 0 Å². The van der Waals surface area contributed by atoms with E-state index < -0.39 is 0 Å². The third-order valence-electron chi connectivity index (χ3n) is 3.33. The van der Waals surface area contributed by atoms with Crippen LogP contribution in [-0.4, -0.2) is 25.1 Å². The number of nitrogens with one attached hydrogen (secondary N) is 2.